The van der Waals surface area contributed by atoms with E-state index in [2.05, 4.69) is 20.9 Å². The summed E-state index contributed by atoms with van der Waals surface area (Å²) in [6.07, 6.45) is 0.525. The quantitative estimate of drug-likeness (QED) is 0.359. The molecule has 0 spiro atoms. The number of nitrogens with zero attached hydrogens (tertiary/aromatic N) is 2. The third-order valence-corrected chi connectivity index (χ3v) is 6.31. The van der Waals surface area contributed by atoms with Gasteiger partial charge in [-0.3, -0.25) is 9.36 Å². The van der Waals surface area contributed by atoms with Gasteiger partial charge in [0.2, 0.25) is 5.75 Å². The molecule has 2 atom stereocenters. The lowest BCUT2D eigenvalue weighted by Gasteiger charge is -2.20. The van der Waals surface area contributed by atoms with Gasteiger partial charge >= 0.3 is 16.1 Å². The monoisotopic (exact) mass is 486 g/mol. The van der Waals surface area contributed by atoms with Crippen LogP contribution in [-0.4, -0.2) is 44.3 Å². The molecular weight excluding hydrogens is 468 g/mol. The number of fused-ring (bicyclic) bond motifs is 1. The lowest BCUT2D eigenvalue weighted by atomic mass is 10.2. The highest BCUT2D eigenvalue weighted by Gasteiger charge is 2.33. The molecule has 9 nitrogen and oxygen atoms in total. The van der Waals surface area contributed by atoms with Crippen LogP contribution in [-0.2, 0) is 19.6 Å². The zero-order valence-corrected chi connectivity index (χ0v) is 18.1. The Balaban J connectivity index is 2.24. The van der Waals surface area contributed by atoms with E-state index in [0.29, 0.717) is 6.42 Å². The normalized spacial score (nSPS) is 19.1. The van der Waals surface area contributed by atoms with Crippen molar-refractivity contribution in [2.24, 2.45) is 0 Å². The van der Waals surface area contributed by atoms with E-state index in [-0.39, 0.29) is 23.9 Å². The Morgan fingerprint density at radius 2 is 2.00 bits per heavy atom. The van der Waals surface area contributed by atoms with Crippen molar-refractivity contribution in [3.63, 3.8) is 0 Å². The molecule has 0 saturated carbocycles. The van der Waals surface area contributed by atoms with Gasteiger partial charge in [-0.05, 0) is 18.6 Å². The fraction of sp³-hybridized carbons (Fsp3) is 0.389. The van der Waals surface area contributed by atoms with Crippen LogP contribution in [0.15, 0.2) is 40.0 Å². The first kappa shape index (κ1) is 21.5. The number of halogens is 1. The largest absolute Gasteiger partial charge is 0.464 e. The molecule has 0 N–H and O–H groups in total. The second-order valence-corrected chi connectivity index (χ2v) is 8.88. The van der Waals surface area contributed by atoms with Crippen LogP contribution in [0, 0.1) is 0 Å². The molecule has 0 saturated heterocycles. The first-order valence-electron chi connectivity index (χ1n) is 8.76. The van der Waals surface area contributed by atoms with Crippen molar-refractivity contribution < 1.29 is 26.9 Å². The molecule has 2 heterocycles. The van der Waals surface area contributed by atoms with Crippen molar-refractivity contribution in [1.82, 2.24) is 9.55 Å². The molecule has 3 rings (SSSR count). The number of methoxy groups -OCH3 is 1. The second-order valence-electron chi connectivity index (χ2n) is 6.23. The fourth-order valence-corrected chi connectivity index (χ4v) is 4.39. The number of aromatic nitrogens is 2. The molecule has 0 amide bonds. The van der Waals surface area contributed by atoms with Crippen molar-refractivity contribution in [2.75, 3.05) is 20.3 Å². The van der Waals surface area contributed by atoms with Gasteiger partial charge in [0.25, 0.3) is 5.56 Å². The van der Waals surface area contributed by atoms with Crippen LogP contribution >= 0.6 is 15.9 Å². The maximum absolute atomic E-state index is 13.3. The summed E-state index contributed by atoms with van der Waals surface area (Å²) in [5.74, 6) is -1.45. The third kappa shape index (κ3) is 4.21. The summed E-state index contributed by atoms with van der Waals surface area (Å²) in [6, 6.07) is 6.90. The predicted molar refractivity (Wildman–Crippen MR) is 106 cm³/mol. The van der Waals surface area contributed by atoms with Gasteiger partial charge in [0, 0.05) is 0 Å². The summed E-state index contributed by atoms with van der Waals surface area (Å²) in [5.41, 5.74) is -1.30. The molecule has 29 heavy (non-hydrogen) atoms. The average molecular weight is 487 g/mol. The molecular formula is C18H19BrN2O7S. The minimum Gasteiger partial charge on any atom is -0.464 e. The number of carbonyl (C=O) groups excluding carboxylic acids is 1. The molecule has 156 valence electrons. The Bertz CT molecular complexity index is 1070. The summed E-state index contributed by atoms with van der Waals surface area (Å²) >= 11 is 3.40. The molecule has 0 bridgehead atoms. The van der Waals surface area contributed by atoms with E-state index in [1.165, 1.54) is 28.8 Å². The lowest BCUT2D eigenvalue weighted by molar-refractivity contribution is 0.0590. The van der Waals surface area contributed by atoms with E-state index in [0.717, 1.165) is 7.11 Å². The van der Waals surface area contributed by atoms with Crippen molar-refractivity contribution in [3.8, 4) is 5.75 Å². The molecule has 0 aliphatic carbocycles. The number of esters is 1. The van der Waals surface area contributed by atoms with Crippen LogP contribution in [0.25, 0.3) is 0 Å². The number of benzene rings is 1. The summed E-state index contributed by atoms with van der Waals surface area (Å²) in [7, 11) is -3.27. The molecule has 1 aliphatic rings. The number of rotatable bonds is 5. The highest BCUT2D eigenvalue weighted by molar-refractivity contribution is 9.09. The van der Waals surface area contributed by atoms with E-state index < -0.39 is 44.0 Å². The number of hydrogen-bond acceptors (Lipinski definition) is 8. The SMILES string of the molecule is CC[C@H]1COCC(Br)c2nc(C(=O)OC)c(OS(=O)(=O)c3ccccc3)c(=O)n21. The second kappa shape index (κ2) is 8.64. The Kier molecular flexibility index (Phi) is 6.39. The molecule has 11 heteroatoms. The van der Waals surface area contributed by atoms with Crippen molar-refractivity contribution in [3.05, 3.63) is 52.2 Å². The van der Waals surface area contributed by atoms with Crippen molar-refractivity contribution in [1.29, 1.82) is 0 Å². The first-order chi connectivity index (χ1) is 13.8. The van der Waals surface area contributed by atoms with Gasteiger partial charge in [-0.2, -0.15) is 8.42 Å². The van der Waals surface area contributed by atoms with Gasteiger partial charge in [-0.1, -0.05) is 41.1 Å². The Labute approximate surface area is 175 Å². The molecule has 0 fully saturated rings. The van der Waals surface area contributed by atoms with E-state index in [9.17, 15) is 18.0 Å². The summed E-state index contributed by atoms with van der Waals surface area (Å²) in [5, 5.41) is 0. The molecule has 1 aromatic carbocycles. The minimum absolute atomic E-state index is 0.163. The average Bonchev–Trinajstić information content (AvgIpc) is 2.88. The van der Waals surface area contributed by atoms with Gasteiger partial charge < -0.3 is 13.7 Å². The topological polar surface area (TPSA) is 114 Å². The highest BCUT2D eigenvalue weighted by atomic mass is 79.9. The zero-order chi connectivity index (χ0) is 21.2. The lowest BCUT2D eigenvalue weighted by Crippen LogP contribution is -2.34. The Morgan fingerprint density at radius 1 is 1.31 bits per heavy atom. The van der Waals surface area contributed by atoms with Crippen LogP contribution in [0.5, 0.6) is 5.75 Å². The molecule has 1 unspecified atom stereocenters. The minimum atomic E-state index is -4.38. The van der Waals surface area contributed by atoms with Crippen LogP contribution in [0.3, 0.4) is 0 Å². The summed E-state index contributed by atoms with van der Waals surface area (Å²) in [4.78, 5) is 29.2. The molecule has 2 aromatic rings. The smallest absolute Gasteiger partial charge is 0.360 e. The van der Waals surface area contributed by atoms with Crippen molar-refractivity contribution >= 4 is 32.0 Å². The number of carbonyl (C=O) groups is 1. The van der Waals surface area contributed by atoms with E-state index in [4.69, 9.17) is 13.7 Å². The highest BCUT2D eigenvalue weighted by Crippen LogP contribution is 2.30. The summed E-state index contributed by atoms with van der Waals surface area (Å²) < 4.78 is 42.1. The Morgan fingerprint density at radius 3 is 2.62 bits per heavy atom. The molecule has 1 aliphatic heterocycles. The maximum atomic E-state index is 13.3. The van der Waals surface area contributed by atoms with Gasteiger partial charge in [-0.15, -0.1) is 0 Å². The van der Waals surface area contributed by atoms with Crippen molar-refractivity contribution in [2.45, 2.75) is 29.1 Å². The van der Waals surface area contributed by atoms with E-state index >= 15 is 0 Å². The third-order valence-electron chi connectivity index (χ3n) is 4.40. The number of hydrogen-bond donors (Lipinski definition) is 0. The van der Waals surface area contributed by atoms with E-state index in [1.54, 1.807) is 6.07 Å². The van der Waals surface area contributed by atoms with Crippen LogP contribution in [0.4, 0.5) is 0 Å². The van der Waals surface area contributed by atoms with Gasteiger partial charge in [0.05, 0.1) is 31.2 Å². The first-order valence-corrected chi connectivity index (χ1v) is 11.1. The van der Waals surface area contributed by atoms with Gasteiger partial charge in [0.1, 0.15) is 10.7 Å². The maximum Gasteiger partial charge on any atom is 0.360 e. The van der Waals surface area contributed by atoms with Crippen LogP contribution in [0.1, 0.15) is 40.5 Å². The zero-order valence-electron chi connectivity index (χ0n) is 15.7. The van der Waals surface area contributed by atoms with Crippen LogP contribution < -0.4 is 9.74 Å². The predicted octanol–water partition coefficient (Wildman–Crippen LogP) is 2.21. The molecule has 1 aromatic heterocycles. The Hall–Kier alpha value is -2.24. The van der Waals surface area contributed by atoms with E-state index in [1.807, 2.05) is 6.92 Å². The summed E-state index contributed by atoms with van der Waals surface area (Å²) in [6.45, 7) is 2.32. The van der Waals surface area contributed by atoms with Gasteiger partial charge in [0.15, 0.2) is 5.69 Å². The number of ether oxygens (including phenoxy) is 2. The van der Waals surface area contributed by atoms with Crippen LogP contribution in [0.2, 0.25) is 0 Å². The number of alkyl halides is 1. The van der Waals surface area contributed by atoms with Gasteiger partial charge in [-0.25, -0.2) is 9.78 Å². The molecule has 0 radical (unpaired) electrons. The standard InChI is InChI=1S/C18H19BrN2O7S/c1-3-11-9-27-10-13(19)16-20-14(18(23)26-2)15(17(22)21(11)16)28-29(24,25)12-7-5-4-6-8-12/h4-8,11,13H,3,9-10H2,1-2H3/t11-,13?/m0/s1. The fourth-order valence-electron chi connectivity index (χ4n) is 2.92.